The fourth-order valence-corrected chi connectivity index (χ4v) is 5.34. The molecule has 0 unspecified atom stereocenters. The van der Waals surface area contributed by atoms with Crippen LogP contribution in [0.25, 0.3) is 0 Å². The standard InChI is InChI=1S/C27H29NO6S/c1-5-28(23-10-8-7-9-11-23)35(31,32)25-18-22(13-12-19(25)3)27(30)34-20(4)26(29)21-14-16-24(17-15-21)33-6-2/h7-18,20H,5-6H2,1-4H3/t20-/m1/s1. The molecule has 7 nitrogen and oxygen atoms in total. The second kappa shape index (κ2) is 11.2. The molecule has 0 fully saturated rings. The number of para-hydroxylation sites is 1. The fraction of sp³-hybridized carbons (Fsp3) is 0.259. The van der Waals surface area contributed by atoms with Gasteiger partial charge < -0.3 is 9.47 Å². The quantitative estimate of drug-likeness (QED) is 0.289. The van der Waals surface area contributed by atoms with E-state index in [2.05, 4.69) is 0 Å². The van der Waals surface area contributed by atoms with E-state index in [1.807, 2.05) is 13.0 Å². The normalized spacial score (nSPS) is 12.0. The van der Waals surface area contributed by atoms with Crippen molar-refractivity contribution >= 4 is 27.5 Å². The van der Waals surface area contributed by atoms with Crippen LogP contribution >= 0.6 is 0 Å². The van der Waals surface area contributed by atoms with Crippen LogP contribution in [0.15, 0.2) is 77.7 Å². The first-order valence-corrected chi connectivity index (χ1v) is 12.8. The highest BCUT2D eigenvalue weighted by atomic mass is 32.2. The number of esters is 1. The lowest BCUT2D eigenvalue weighted by Gasteiger charge is -2.24. The van der Waals surface area contributed by atoms with Crippen LogP contribution in [0, 0.1) is 6.92 Å². The smallest absolute Gasteiger partial charge is 0.338 e. The number of Topliss-reactive ketones (excluding diaryl/α,β-unsaturated/α-hetero) is 1. The number of benzene rings is 3. The molecule has 0 saturated heterocycles. The second-order valence-electron chi connectivity index (χ2n) is 7.85. The molecule has 0 aliphatic heterocycles. The SMILES string of the molecule is CCOc1ccc(C(=O)[C@@H](C)OC(=O)c2ccc(C)c(S(=O)(=O)N(CC)c3ccccc3)c2)cc1. The Kier molecular flexibility index (Phi) is 8.30. The van der Waals surface area contributed by atoms with Crippen molar-refractivity contribution in [3.8, 4) is 5.75 Å². The Hall–Kier alpha value is -3.65. The number of anilines is 1. The molecule has 8 heteroatoms. The Morgan fingerprint density at radius 1 is 0.914 bits per heavy atom. The first-order valence-electron chi connectivity index (χ1n) is 11.4. The van der Waals surface area contributed by atoms with Crippen LogP contribution in [0.1, 0.15) is 47.1 Å². The van der Waals surface area contributed by atoms with Crippen LogP contribution in [-0.2, 0) is 14.8 Å². The van der Waals surface area contributed by atoms with Gasteiger partial charge in [-0.3, -0.25) is 9.10 Å². The van der Waals surface area contributed by atoms with Crippen molar-refractivity contribution in [2.24, 2.45) is 0 Å². The van der Waals surface area contributed by atoms with E-state index < -0.39 is 22.1 Å². The summed E-state index contributed by atoms with van der Waals surface area (Å²) in [6, 6.07) is 19.7. The maximum absolute atomic E-state index is 13.5. The molecule has 0 heterocycles. The minimum absolute atomic E-state index is 0.00291. The molecule has 0 aliphatic carbocycles. The van der Waals surface area contributed by atoms with Crippen molar-refractivity contribution in [2.45, 2.75) is 38.7 Å². The summed E-state index contributed by atoms with van der Waals surface area (Å²) in [6.45, 7) is 7.48. The van der Waals surface area contributed by atoms with E-state index >= 15 is 0 Å². The molecule has 0 radical (unpaired) electrons. The van der Waals surface area contributed by atoms with Gasteiger partial charge in [-0.1, -0.05) is 24.3 Å². The molecule has 0 aromatic heterocycles. The van der Waals surface area contributed by atoms with Gasteiger partial charge in [0.1, 0.15) is 5.75 Å². The summed E-state index contributed by atoms with van der Waals surface area (Å²) in [6.07, 6.45) is -1.06. The van der Waals surface area contributed by atoms with Crippen molar-refractivity contribution in [2.75, 3.05) is 17.5 Å². The first-order chi connectivity index (χ1) is 16.7. The van der Waals surface area contributed by atoms with E-state index in [0.29, 0.717) is 29.2 Å². The maximum atomic E-state index is 13.5. The average molecular weight is 496 g/mol. The molecule has 3 rings (SSSR count). The third kappa shape index (κ3) is 5.89. The Bertz CT molecular complexity index is 1290. The van der Waals surface area contributed by atoms with E-state index in [9.17, 15) is 18.0 Å². The number of ether oxygens (including phenoxy) is 2. The third-order valence-corrected chi connectivity index (χ3v) is 7.47. The molecule has 0 aliphatic rings. The molecule has 35 heavy (non-hydrogen) atoms. The van der Waals surface area contributed by atoms with Crippen LogP contribution in [-0.4, -0.2) is 39.4 Å². The lowest BCUT2D eigenvalue weighted by molar-refractivity contribution is 0.0318. The van der Waals surface area contributed by atoms with Gasteiger partial charge in [-0.05, 0) is 81.8 Å². The Morgan fingerprint density at radius 2 is 1.54 bits per heavy atom. The Labute approximate surface area is 206 Å². The molecule has 1 atom stereocenters. The molecule has 184 valence electrons. The maximum Gasteiger partial charge on any atom is 0.338 e. The van der Waals surface area contributed by atoms with Crippen molar-refractivity contribution in [1.82, 2.24) is 0 Å². The second-order valence-corrected chi connectivity index (χ2v) is 9.69. The minimum atomic E-state index is -3.94. The van der Waals surface area contributed by atoms with Crippen LogP contribution in [0.2, 0.25) is 0 Å². The molecule has 3 aromatic rings. The zero-order valence-corrected chi connectivity index (χ0v) is 21.0. The number of ketones is 1. The third-order valence-electron chi connectivity index (χ3n) is 5.43. The predicted molar refractivity (Wildman–Crippen MR) is 135 cm³/mol. The van der Waals surface area contributed by atoms with Crippen molar-refractivity contribution in [1.29, 1.82) is 0 Å². The summed E-state index contributed by atoms with van der Waals surface area (Å²) < 4.78 is 39.0. The van der Waals surface area contributed by atoms with Crippen LogP contribution in [0.3, 0.4) is 0 Å². The van der Waals surface area contributed by atoms with Crippen molar-refractivity contribution in [3.63, 3.8) is 0 Å². The number of aryl methyl sites for hydroxylation is 1. The van der Waals surface area contributed by atoms with Crippen molar-refractivity contribution in [3.05, 3.63) is 89.5 Å². The molecule has 3 aromatic carbocycles. The van der Waals surface area contributed by atoms with Crippen LogP contribution in [0.4, 0.5) is 5.69 Å². The van der Waals surface area contributed by atoms with E-state index in [4.69, 9.17) is 9.47 Å². The Balaban J connectivity index is 1.82. The molecule has 0 amide bonds. The van der Waals surface area contributed by atoms with Gasteiger partial charge in [-0.25, -0.2) is 13.2 Å². The highest BCUT2D eigenvalue weighted by Gasteiger charge is 2.27. The van der Waals surface area contributed by atoms with Crippen LogP contribution < -0.4 is 9.04 Å². The van der Waals surface area contributed by atoms with E-state index in [-0.39, 0.29) is 22.8 Å². The molecule has 0 N–H and O–H groups in total. The summed E-state index contributed by atoms with van der Waals surface area (Å²) in [5.74, 6) is -0.516. The molecular weight excluding hydrogens is 466 g/mol. The van der Waals surface area contributed by atoms with E-state index in [0.717, 1.165) is 0 Å². The summed E-state index contributed by atoms with van der Waals surface area (Å²) in [7, 11) is -3.94. The number of hydrogen-bond donors (Lipinski definition) is 0. The van der Waals surface area contributed by atoms with E-state index in [1.165, 1.54) is 23.4 Å². The van der Waals surface area contributed by atoms with Gasteiger partial charge in [-0.2, -0.15) is 0 Å². The van der Waals surface area contributed by atoms with Gasteiger partial charge in [0.15, 0.2) is 6.10 Å². The summed E-state index contributed by atoms with van der Waals surface area (Å²) in [5.41, 5.74) is 1.44. The first kappa shape index (κ1) is 26.0. The number of sulfonamides is 1. The monoisotopic (exact) mass is 495 g/mol. The van der Waals surface area contributed by atoms with Crippen molar-refractivity contribution < 1.29 is 27.5 Å². The Morgan fingerprint density at radius 3 is 2.14 bits per heavy atom. The highest BCUT2D eigenvalue weighted by molar-refractivity contribution is 7.92. The van der Waals surface area contributed by atoms with Gasteiger partial charge >= 0.3 is 5.97 Å². The predicted octanol–water partition coefficient (Wildman–Crippen LogP) is 5.04. The largest absolute Gasteiger partial charge is 0.494 e. The summed E-state index contributed by atoms with van der Waals surface area (Å²) in [5, 5.41) is 0. The van der Waals surface area contributed by atoms with Gasteiger partial charge in [0.25, 0.3) is 10.0 Å². The zero-order chi connectivity index (χ0) is 25.6. The average Bonchev–Trinajstić information content (AvgIpc) is 2.85. The summed E-state index contributed by atoms with van der Waals surface area (Å²) in [4.78, 5) is 25.6. The molecule has 0 saturated carbocycles. The lowest BCUT2D eigenvalue weighted by Crippen LogP contribution is -2.31. The minimum Gasteiger partial charge on any atom is -0.494 e. The van der Waals surface area contributed by atoms with Crippen LogP contribution in [0.5, 0.6) is 5.75 Å². The molecular formula is C27H29NO6S. The number of carbonyl (C=O) groups is 2. The number of hydrogen-bond acceptors (Lipinski definition) is 6. The zero-order valence-electron chi connectivity index (χ0n) is 20.2. The highest BCUT2D eigenvalue weighted by Crippen LogP contribution is 2.27. The molecule has 0 spiro atoms. The topological polar surface area (TPSA) is 90.0 Å². The van der Waals surface area contributed by atoms with Gasteiger partial charge in [0.05, 0.1) is 22.8 Å². The van der Waals surface area contributed by atoms with Gasteiger partial charge in [-0.15, -0.1) is 0 Å². The number of rotatable bonds is 10. The summed E-state index contributed by atoms with van der Waals surface area (Å²) >= 11 is 0. The van der Waals surface area contributed by atoms with E-state index in [1.54, 1.807) is 68.4 Å². The number of carbonyl (C=O) groups excluding carboxylic acids is 2. The van der Waals surface area contributed by atoms with Gasteiger partial charge in [0, 0.05) is 12.1 Å². The number of nitrogens with zero attached hydrogens (tertiary/aromatic N) is 1. The molecule has 0 bridgehead atoms. The fourth-order valence-electron chi connectivity index (χ4n) is 3.61. The lowest BCUT2D eigenvalue weighted by atomic mass is 10.1. The van der Waals surface area contributed by atoms with Gasteiger partial charge in [0.2, 0.25) is 5.78 Å².